The molecule has 9 aromatic rings. The number of benzene rings is 8. The van der Waals surface area contributed by atoms with E-state index in [0.717, 1.165) is 0 Å². The van der Waals surface area contributed by atoms with Gasteiger partial charge in [-0.3, -0.25) is 0 Å². The predicted octanol–water partition coefficient (Wildman–Crippen LogP) is 2.33. The zero-order valence-electron chi connectivity index (χ0n) is 33.6. The lowest BCUT2D eigenvalue weighted by atomic mass is 9.77. The van der Waals surface area contributed by atoms with E-state index in [0.29, 0.717) is 0 Å². The molecule has 0 radical (unpaired) electrons. The molecule has 9 rings (SSSR count). The van der Waals surface area contributed by atoms with Gasteiger partial charge in [0, 0.05) is 27.6 Å². The lowest BCUT2D eigenvalue weighted by Crippen LogP contribution is -2.12. The van der Waals surface area contributed by atoms with Gasteiger partial charge in [-0.2, -0.15) is 0 Å². The topological polar surface area (TPSA) is 357 Å². The third-order valence-corrected chi connectivity index (χ3v) is 12.1. The number of phenolic OH excluding ortho intramolecular Hbond substituents is 17. The minimum Gasteiger partial charge on any atom is -0.508 e. The summed E-state index contributed by atoms with van der Waals surface area (Å²) < 4.78 is 6.11. The Morgan fingerprint density at radius 3 is 1.06 bits per heavy atom. The van der Waals surface area contributed by atoms with Crippen LogP contribution in [0.1, 0.15) is 0 Å². The monoisotopic (exact) mass is 880 g/mol. The minimum atomic E-state index is -1.38. The summed E-state index contributed by atoms with van der Waals surface area (Å²) in [4.78, 5) is 0. The predicted molar refractivity (Wildman–Crippen MR) is 243 cm³/mol. The zero-order chi connectivity index (χ0) is 47.1. The second kappa shape index (κ2) is 13.7. The molecular weight excluding hydrogens is 849 g/mol. The Labute approximate surface area is 364 Å². The molecule has 0 atom stereocenters. The van der Waals surface area contributed by atoms with E-state index in [1.54, 1.807) is 36.4 Å². The molecule has 0 aliphatic carbocycles. The van der Waals surface area contributed by atoms with Gasteiger partial charge in [0.25, 0.3) is 0 Å². The van der Waals surface area contributed by atoms with Crippen molar-refractivity contribution in [2.75, 3.05) is 0 Å². The van der Waals surface area contributed by atoms with Crippen molar-refractivity contribution in [2.45, 2.75) is 0 Å². The molecule has 1 heterocycles. The van der Waals surface area contributed by atoms with E-state index in [4.69, 9.17) is 4.42 Å². The third kappa shape index (κ3) is 5.13. The van der Waals surface area contributed by atoms with E-state index in [-0.39, 0.29) is 76.5 Å². The molecule has 8 aromatic carbocycles. The summed E-state index contributed by atoms with van der Waals surface area (Å²) in [6.45, 7) is 0. The zero-order valence-corrected chi connectivity index (χ0v) is 33.6. The van der Waals surface area contributed by atoms with Crippen molar-refractivity contribution in [1.82, 2.24) is 0 Å². The van der Waals surface area contributed by atoms with Gasteiger partial charge in [-0.1, -0.05) is 54.0 Å². The summed E-state index contributed by atoms with van der Waals surface area (Å²) in [6.07, 6.45) is 0. The first-order valence-electron chi connectivity index (χ1n) is 19.1. The largest absolute Gasteiger partial charge is 0.508 e. The number of phenols is 17. The third-order valence-electron chi connectivity index (χ3n) is 12.1. The van der Waals surface area contributed by atoms with Gasteiger partial charge in [-0.05, 0) is 32.5 Å². The van der Waals surface area contributed by atoms with Crippen molar-refractivity contribution in [3.8, 4) is 142 Å². The van der Waals surface area contributed by atoms with E-state index in [1.807, 2.05) is 0 Å². The summed E-state index contributed by atoms with van der Waals surface area (Å²) in [5.74, 6) is -18.6. The molecule has 0 saturated heterocycles. The molecule has 65 heavy (non-hydrogen) atoms. The maximum absolute atomic E-state index is 12.0. The van der Waals surface area contributed by atoms with Crippen molar-refractivity contribution in [3.63, 3.8) is 0 Å². The second-order valence-electron chi connectivity index (χ2n) is 15.4. The van der Waals surface area contributed by atoms with Crippen LogP contribution in [0.15, 0.2) is 52.9 Å². The normalized spacial score (nSPS) is 11.7. The standard InChI is InChI=1S/C44H31B3O18/c45-23-15(28(50)42(64)44-17(23)22-34(56)35(57)24(46)16(43(22)65-44)19-27(49)25(47)36(58)38(60)30(19)52)13-9-5-1-3-7-11(9)14(12-8-4-2-6-10(12)13)18-26(48)20(31(53)37(59)29(18)51)21-32(54)39(61)41(63)40(62)33(21)55/h1-8,48-64H,45-47H2. The molecule has 0 aliphatic rings. The molecule has 0 amide bonds. The van der Waals surface area contributed by atoms with E-state index in [9.17, 15) is 86.8 Å². The van der Waals surface area contributed by atoms with E-state index in [1.165, 1.54) is 35.7 Å². The van der Waals surface area contributed by atoms with E-state index in [2.05, 4.69) is 0 Å². The average Bonchev–Trinajstić information content (AvgIpc) is 3.70. The molecule has 18 nitrogen and oxygen atoms in total. The molecule has 0 aliphatic heterocycles. The fourth-order valence-corrected chi connectivity index (χ4v) is 8.90. The molecule has 0 spiro atoms. The van der Waals surface area contributed by atoms with Gasteiger partial charge in [-0.25, -0.2) is 0 Å². The molecule has 21 heteroatoms. The number of furan rings is 1. The first kappa shape index (κ1) is 41.2. The number of hydrogen-bond donors (Lipinski definition) is 17. The Kier molecular flexibility index (Phi) is 8.68. The molecule has 324 valence electrons. The molecular formula is C44H31B3O18. The Bertz CT molecular complexity index is 3560. The molecule has 0 bridgehead atoms. The van der Waals surface area contributed by atoms with Crippen LogP contribution in [0.2, 0.25) is 0 Å². The van der Waals surface area contributed by atoms with Gasteiger partial charge >= 0.3 is 0 Å². The van der Waals surface area contributed by atoms with Crippen molar-refractivity contribution >= 4 is 83.4 Å². The Morgan fingerprint density at radius 1 is 0.246 bits per heavy atom. The highest BCUT2D eigenvalue weighted by Gasteiger charge is 2.36. The van der Waals surface area contributed by atoms with Crippen LogP contribution in [-0.2, 0) is 0 Å². The molecule has 1 aromatic heterocycles. The fraction of sp³-hybridized carbons (Fsp3) is 0. The van der Waals surface area contributed by atoms with Crippen molar-refractivity contribution in [3.05, 3.63) is 48.5 Å². The lowest BCUT2D eigenvalue weighted by Gasteiger charge is -2.23. The number of rotatable bonds is 4. The number of hydrogen-bond acceptors (Lipinski definition) is 18. The summed E-state index contributed by atoms with van der Waals surface area (Å²) in [5, 5.41) is 188. The van der Waals surface area contributed by atoms with E-state index >= 15 is 0 Å². The highest BCUT2D eigenvalue weighted by Crippen LogP contribution is 2.64. The van der Waals surface area contributed by atoms with Crippen LogP contribution in [0.3, 0.4) is 0 Å². The van der Waals surface area contributed by atoms with Gasteiger partial charge in [0.15, 0.2) is 57.3 Å². The quantitative estimate of drug-likeness (QED) is 0.0522. The summed E-state index contributed by atoms with van der Waals surface area (Å²) in [5.41, 5.74) is -4.70. The average molecular weight is 880 g/mol. The van der Waals surface area contributed by atoms with Crippen LogP contribution in [0, 0.1) is 0 Å². The SMILES string of the molecule is Bc1c(O)c(O)c(O)c(-c2c(B)c(O)c(O)c3c2oc2c(O)c(O)c(-c4c5ccccc5c(-c5c(O)c(O)c(O)c(-c6c(O)c(O)c(O)c(O)c6O)c5O)c5ccccc45)c(B)c23)c1O. The van der Waals surface area contributed by atoms with Gasteiger partial charge in [0.2, 0.25) is 34.5 Å². The lowest BCUT2D eigenvalue weighted by molar-refractivity contribution is 0.329. The summed E-state index contributed by atoms with van der Waals surface area (Å²) in [7, 11) is 4.00. The van der Waals surface area contributed by atoms with Crippen LogP contribution in [-0.4, -0.2) is 110 Å². The van der Waals surface area contributed by atoms with Crippen molar-refractivity contribution in [1.29, 1.82) is 0 Å². The number of aromatic hydroxyl groups is 17. The number of fused-ring (bicyclic) bond motifs is 5. The van der Waals surface area contributed by atoms with Gasteiger partial charge in [-0.15, -0.1) is 0 Å². The maximum atomic E-state index is 12.0. The Morgan fingerprint density at radius 2 is 0.585 bits per heavy atom. The van der Waals surface area contributed by atoms with Gasteiger partial charge in [0.05, 0.1) is 27.6 Å². The second-order valence-corrected chi connectivity index (χ2v) is 15.4. The summed E-state index contributed by atoms with van der Waals surface area (Å²) >= 11 is 0. The first-order chi connectivity index (χ1) is 30.7. The van der Waals surface area contributed by atoms with Crippen LogP contribution in [0.25, 0.3) is 88.0 Å². The minimum absolute atomic E-state index is 0.0800. The molecule has 17 N–H and O–H groups in total. The first-order valence-corrected chi connectivity index (χ1v) is 19.1. The van der Waals surface area contributed by atoms with E-state index < -0.39 is 126 Å². The van der Waals surface area contributed by atoms with Gasteiger partial charge in [0.1, 0.15) is 40.6 Å². The Balaban J connectivity index is 1.43. The van der Waals surface area contributed by atoms with Crippen LogP contribution in [0.4, 0.5) is 0 Å². The maximum Gasteiger partial charge on any atom is 0.208 e. The van der Waals surface area contributed by atoms with Crippen LogP contribution in [0.5, 0.6) is 97.7 Å². The smallest absolute Gasteiger partial charge is 0.208 e. The molecule has 0 fully saturated rings. The highest BCUT2D eigenvalue weighted by atomic mass is 16.4. The van der Waals surface area contributed by atoms with Crippen molar-refractivity contribution < 1.29 is 91.2 Å². The fourth-order valence-electron chi connectivity index (χ4n) is 8.90. The van der Waals surface area contributed by atoms with Crippen molar-refractivity contribution in [2.24, 2.45) is 0 Å². The highest BCUT2D eigenvalue weighted by molar-refractivity contribution is 6.49. The van der Waals surface area contributed by atoms with Crippen LogP contribution >= 0.6 is 0 Å². The Hall–Kier alpha value is -9.13. The molecule has 0 saturated carbocycles. The summed E-state index contributed by atoms with van der Waals surface area (Å²) in [6, 6.07) is 12.3. The molecule has 0 unspecified atom stereocenters. The van der Waals surface area contributed by atoms with Gasteiger partial charge < -0.3 is 91.2 Å². The van der Waals surface area contributed by atoms with Crippen LogP contribution < -0.4 is 16.4 Å².